The van der Waals surface area contributed by atoms with Gasteiger partial charge in [0.15, 0.2) is 11.5 Å². The van der Waals surface area contributed by atoms with Crippen LogP contribution in [0.15, 0.2) is 16.9 Å². The number of amides is 1. The fraction of sp³-hybridized carbons (Fsp3) is 0.545. The molecule has 2 aliphatic heterocycles. The van der Waals surface area contributed by atoms with Crippen LogP contribution in [0, 0.1) is 0 Å². The number of carbonyl (C=O) groups excluding carboxylic acids is 1. The van der Waals surface area contributed by atoms with E-state index < -0.39 is 5.25 Å². The zero-order chi connectivity index (χ0) is 23.0. The Morgan fingerprint density at radius 1 is 1.12 bits per heavy atom. The second-order valence-corrected chi connectivity index (χ2v) is 9.62. The van der Waals surface area contributed by atoms with Crippen LogP contribution in [0.1, 0.15) is 49.1 Å². The molecule has 1 saturated heterocycles. The molecule has 4 rings (SSSR count). The van der Waals surface area contributed by atoms with E-state index in [1.54, 1.807) is 21.3 Å². The molecule has 0 bridgehead atoms. The van der Waals surface area contributed by atoms with Crippen molar-refractivity contribution in [3.8, 4) is 17.2 Å². The summed E-state index contributed by atoms with van der Waals surface area (Å²) in [6.45, 7) is 4.66. The predicted molar refractivity (Wildman–Crippen MR) is 122 cm³/mol. The van der Waals surface area contributed by atoms with Crippen molar-refractivity contribution in [1.29, 1.82) is 0 Å². The molecule has 0 aliphatic carbocycles. The van der Waals surface area contributed by atoms with E-state index in [9.17, 15) is 9.59 Å². The zero-order valence-electron chi connectivity index (χ0n) is 18.9. The van der Waals surface area contributed by atoms with Crippen LogP contribution < -0.4 is 25.1 Å². The minimum atomic E-state index is -0.393. The highest BCUT2D eigenvalue weighted by molar-refractivity contribution is 8.00. The molecule has 2 aromatic rings. The molecular formula is C22H29N3O6S. The number of anilines is 1. The maximum atomic E-state index is 13.2. The average Bonchev–Trinajstić information content (AvgIpc) is 2.97. The molecule has 1 fully saturated rings. The van der Waals surface area contributed by atoms with Gasteiger partial charge in [-0.05, 0) is 44.4 Å². The number of benzene rings is 1. The molecule has 32 heavy (non-hydrogen) atoms. The summed E-state index contributed by atoms with van der Waals surface area (Å²) >= 11 is 1.39. The second kappa shape index (κ2) is 8.74. The Hall–Kier alpha value is -2.59. The summed E-state index contributed by atoms with van der Waals surface area (Å²) in [5.41, 5.74) is 0.770. The van der Waals surface area contributed by atoms with Crippen LogP contribution in [0.2, 0.25) is 0 Å². The monoisotopic (exact) mass is 463 g/mol. The number of hydrogen-bond donors (Lipinski definition) is 2. The highest BCUT2D eigenvalue weighted by Crippen LogP contribution is 2.47. The molecule has 3 heterocycles. The number of rotatable bonds is 5. The summed E-state index contributed by atoms with van der Waals surface area (Å²) in [7, 11) is 4.64. The van der Waals surface area contributed by atoms with Crippen LogP contribution in [0.4, 0.5) is 5.82 Å². The van der Waals surface area contributed by atoms with Crippen molar-refractivity contribution in [2.75, 3.05) is 39.0 Å². The molecule has 1 aromatic carbocycles. The number of ether oxygens (including phenoxy) is 4. The summed E-state index contributed by atoms with van der Waals surface area (Å²) in [6, 6.07) is 3.67. The van der Waals surface area contributed by atoms with Gasteiger partial charge in [-0.25, -0.2) is 0 Å². The lowest BCUT2D eigenvalue weighted by Crippen LogP contribution is -2.36. The van der Waals surface area contributed by atoms with Gasteiger partial charge in [0.25, 0.3) is 5.56 Å². The molecule has 0 saturated carbocycles. The number of nitrogens with zero attached hydrogens (tertiary/aromatic N) is 1. The number of aromatic amines is 1. The largest absolute Gasteiger partial charge is 0.493 e. The van der Waals surface area contributed by atoms with Crippen LogP contribution in [0.3, 0.4) is 0 Å². The van der Waals surface area contributed by atoms with Crippen LogP contribution in [0.5, 0.6) is 17.2 Å². The SMILES string of the molecule is COc1cc([C@H]2SCC(=O)Nc3c2c(=O)[nH]n3[C@H]2CCOC(C)(C)C2)cc(OC)c1OC. The fourth-order valence-electron chi connectivity index (χ4n) is 4.45. The van der Waals surface area contributed by atoms with Gasteiger partial charge < -0.3 is 24.3 Å². The van der Waals surface area contributed by atoms with E-state index in [4.69, 9.17) is 18.9 Å². The highest BCUT2D eigenvalue weighted by Gasteiger charge is 2.36. The van der Waals surface area contributed by atoms with Gasteiger partial charge in [0.1, 0.15) is 5.82 Å². The summed E-state index contributed by atoms with van der Waals surface area (Å²) in [5, 5.41) is 5.55. The van der Waals surface area contributed by atoms with Crippen molar-refractivity contribution < 1.29 is 23.7 Å². The molecule has 1 amide bonds. The molecule has 2 atom stereocenters. The van der Waals surface area contributed by atoms with Gasteiger partial charge in [0.05, 0.1) is 49.5 Å². The number of methoxy groups -OCH3 is 3. The molecular weight excluding hydrogens is 434 g/mol. The van der Waals surface area contributed by atoms with Gasteiger partial charge in [0.2, 0.25) is 11.7 Å². The lowest BCUT2D eigenvalue weighted by atomic mass is 9.94. The Labute approximate surface area is 190 Å². The minimum Gasteiger partial charge on any atom is -0.493 e. The first kappa shape index (κ1) is 22.6. The second-order valence-electron chi connectivity index (χ2n) is 8.53. The topological polar surface area (TPSA) is 104 Å². The standard InChI is InChI=1S/C22H29N3O6S/c1-22(2)10-13(6-7-31-22)25-20-17(21(27)24-25)19(32-11-16(26)23-20)12-8-14(28-3)18(30-5)15(9-12)29-4/h8-9,13,19H,6-7,10-11H2,1-5H3,(H,23,26)(H,24,27)/t13-,19+/m0/s1. The highest BCUT2D eigenvalue weighted by atomic mass is 32.2. The Balaban J connectivity index is 1.84. The van der Waals surface area contributed by atoms with E-state index in [1.165, 1.54) is 11.8 Å². The van der Waals surface area contributed by atoms with Gasteiger partial charge in [0, 0.05) is 6.61 Å². The number of hydrogen-bond acceptors (Lipinski definition) is 7. The maximum Gasteiger partial charge on any atom is 0.270 e. The van der Waals surface area contributed by atoms with Crippen LogP contribution in [0.25, 0.3) is 0 Å². The first-order valence-electron chi connectivity index (χ1n) is 10.5. The fourth-order valence-corrected chi connectivity index (χ4v) is 5.56. The summed E-state index contributed by atoms with van der Waals surface area (Å²) < 4.78 is 24.1. The number of thioether (sulfide) groups is 1. The first-order chi connectivity index (χ1) is 15.3. The van der Waals surface area contributed by atoms with Crippen molar-refractivity contribution in [1.82, 2.24) is 9.78 Å². The minimum absolute atomic E-state index is 0.0131. The Morgan fingerprint density at radius 3 is 2.41 bits per heavy atom. The lowest BCUT2D eigenvalue weighted by molar-refractivity contribution is -0.113. The predicted octanol–water partition coefficient (Wildman–Crippen LogP) is 3.11. The molecule has 0 unspecified atom stereocenters. The number of aromatic nitrogens is 2. The van der Waals surface area contributed by atoms with Crippen molar-refractivity contribution in [2.45, 2.75) is 43.6 Å². The van der Waals surface area contributed by atoms with Gasteiger partial charge in [-0.15, -0.1) is 11.8 Å². The maximum absolute atomic E-state index is 13.2. The first-order valence-corrected chi connectivity index (χ1v) is 11.5. The zero-order valence-corrected chi connectivity index (χ0v) is 19.8. The Bertz CT molecular complexity index is 1050. The van der Waals surface area contributed by atoms with Crippen molar-refractivity contribution in [3.05, 3.63) is 33.6 Å². The third-order valence-electron chi connectivity index (χ3n) is 5.89. The van der Waals surface area contributed by atoms with Crippen LogP contribution in [-0.2, 0) is 9.53 Å². The molecule has 2 N–H and O–H groups in total. The third-order valence-corrected chi connectivity index (χ3v) is 7.16. The van der Waals surface area contributed by atoms with E-state index in [2.05, 4.69) is 10.4 Å². The number of H-pyrrole nitrogens is 1. The summed E-state index contributed by atoms with van der Waals surface area (Å²) in [5.74, 6) is 2.05. The van der Waals surface area contributed by atoms with E-state index in [1.807, 2.05) is 30.7 Å². The molecule has 0 spiro atoms. The van der Waals surface area contributed by atoms with Crippen molar-refractivity contribution in [3.63, 3.8) is 0 Å². The third kappa shape index (κ3) is 4.09. The van der Waals surface area contributed by atoms with E-state index in [0.29, 0.717) is 35.2 Å². The van der Waals surface area contributed by atoms with E-state index >= 15 is 0 Å². The van der Waals surface area contributed by atoms with Crippen molar-refractivity contribution in [2.24, 2.45) is 0 Å². The Morgan fingerprint density at radius 2 is 1.81 bits per heavy atom. The Kier molecular flexibility index (Phi) is 6.17. The smallest absolute Gasteiger partial charge is 0.270 e. The number of carbonyl (C=O) groups is 1. The molecule has 2 aliphatic rings. The molecule has 1 aromatic heterocycles. The van der Waals surface area contributed by atoms with E-state index in [-0.39, 0.29) is 28.9 Å². The summed E-state index contributed by atoms with van der Waals surface area (Å²) in [4.78, 5) is 25.8. The van der Waals surface area contributed by atoms with Crippen LogP contribution in [-0.4, -0.2) is 55.0 Å². The van der Waals surface area contributed by atoms with Gasteiger partial charge in [-0.1, -0.05) is 0 Å². The summed E-state index contributed by atoms with van der Waals surface area (Å²) in [6.07, 6.45) is 1.47. The van der Waals surface area contributed by atoms with Gasteiger partial charge in [-0.2, -0.15) is 0 Å². The lowest BCUT2D eigenvalue weighted by Gasteiger charge is -2.36. The van der Waals surface area contributed by atoms with E-state index in [0.717, 1.165) is 18.4 Å². The molecule has 10 heteroatoms. The number of nitrogens with one attached hydrogen (secondary N) is 2. The van der Waals surface area contributed by atoms with Gasteiger partial charge >= 0.3 is 0 Å². The molecule has 9 nitrogen and oxygen atoms in total. The quantitative estimate of drug-likeness (QED) is 0.702. The number of fused-ring (bicyclic) bond motifs is 1. The normalized spacial score (nSPS) is 22.5. The average molecular weight is 464 g/mol. The van der Waals surface area contributed by atoms with Crippen LogP contribution >= 0.6 is 11.8 Å². The van der Waals surface area contributed by atoms with Crippen molar-refractivity contribution >= 4 is 23.5 Å². The van der Waals surface area contributed by atoms with Gasteiger partial charge in [-0.3, -0.25) is 19.4 Å². The molecule has 174 valence electrons. The molecule has 0 radical (unpaired) electrons.